The van der Waals surface area contributed by atoms with Crippen LogP contribution >= 0.6 is 0 Å². The van der Waals surface area contributed by atoms with Crippen molar-refractivity contribution in [2.45, 2.75) is 18.0 Å². The molecule has 3 heteroatoms. The Kier molecular flexibility index (Phi) is 2.41. The van der Waals surface area contributed by atoms with Crippen molar-refractivity contribution >= 4 is 6.08 Å². The number of hydrogen-bond donors (Lipinski definition) is 0. The van der Waals surface area contributed by atoms with Crippen molar-refractivity contribution in [2.24, 2.45) is 0 Å². The highest BCUT2D eigenvalue weighted by atomic mass is 19.4. The summed E-state index contributed by atoms with van der Waals surface area (Å²) in [4.78, 5) is 0. The molecular formula is C13H11F3. The molecule has 0 nitrogen and oxygen atoms in total. The molecule has 0 aromatic heterocycles. The van der Waals surface area contributed by atoms with Crippen LogP contribution in [0.25, 0.3) is 6.08 Å². The smallest absolute Gasteiger partial charge is 0.170 e. The van der Waals surface area contributed by atoms with Gasteiger partial charge in [0.15, 0.2) is 0 Å². The third-order valence-electron chi connectivity index (χ3n) is 3.03. The van der Waals surface area contributed by atoms with Crippen LogP contribution in [0, 0.1) is 0 Å². The van der Waals surface area contributed by atoms with E-state index in [4.69, 9.17) is 0 Å². The first-order valence-corrected chi connectivity index (χ1v) is 4.98. The topological polar surface area (TPSA) is 0 Å². The lowest BCUT2D eigenvalue weighted by atomic mass is 9.72. The minimum absolute atomic E-state index is 0.0724. The molecule has 1 atom stereocenters. The molecule has 0 amide bonds. The zero-order valence-electron chi connectivity index (χ0n) is 8.59. The first-order chi connectivity index (χ1) is 7.51. The SMILES string of the molecule is C=CC1(C(F)(F)F)CC=Cc2ccccc21. The van der Waals surface area contributed by atoms with Crippen LogP contribution in [0.2, 0.25) is 0 Å². The fraction of sp³-hybridized carbons (Fsp3) is 0.231. The molecule has 1 aromatic rings. The van der Waals surface area contributed by atoms with Gasteiger partial charge in [0.1, 0.15) is 5.41 Å². The molecule has 1 aromatic carbocycles. The first kappa shape index (κ1) is 11.0. The van der Waals surface area contributed by atoms with Gasteiger partial charge in [0, 0.05) is 0 Å². The van der Waals surface area contributed by atoms with E-state index in [1.807, 2.05) is 0 Å². The molecule has 1 unspecified atom stereocenters. The molecule has 0 heterocycles. The monoisotopic (exact) mass is 224 g/mol. The van der Waals surface area contributed by atoms with Gasteiger partial charge in [0.25, 0.3) is 0 Å². The van der Waals surface area contributed by atoms with Crippen molar-refractivity contribution < 1.29 is 13.2 Å². The Morgan fingerprint density at radius 2 is 1.94 bits per heavy atom. The third-order valence-corrected chi connectivity index (χ3v) is 3.03. The molecule has 0 bridgehead atoms. The average molecular weight is 224 g/mol. The Bertz CT molecular complexity index is 443. The molecule has 1 aliphatic rings. The fourth-order valence-electron chi connectivity index (χ4n) is 2.11. The average Bonchev–Trinajstić information content (AvgIpc) is 2.26. The van der Waals surface area contributed by atoms with E-state index < -0.39 is 11.6 Å². The standard InChI is InChI=1S/C13H11F3/c1-2-12(13(14,15)16)9-5-7-10-6-3-4-8-11(10)12/h2-8H,1,9H2. The summed E-state index contributed by atoms with van der Waals surface area (Å²) in [6, 6.07) is 6.57. The van der Waals surface area contributed by atoms with Crippen LogP contribution < -0.4 is 0 Å². The largest absolute Gasteiger partial charge is 0.402 e. The van der Waals surface area contributed by atoms with Crippen LogP contribution in [0.4, 0.5) is 13.2 Å². The lowest BCUT2D eigenvalue weighted by Gasteiger charge is -2.35. The van der Waals surface area contributed by atoms with E-state index in [2.05, 4.69) is 6.58 Å². The van der Waals surface area contributed by atoms with Gasteiger partial charge in [-0.3, -0.25) is 0 Å². The highest BCUT2D eigenvalue weighted by molar-refractivity contribution is 5.61. The quantitative estimate of drug-likeness (QED) is 0.630. The van der Waals surface area contributed by atoms with Gasteiger partial charge >= 0.3 is 6.18 Å². The van der Waals surface area contributed by atoms with Crippen molar-refractivity contribution in [3.05, 3.63) is 54.1 Å². The molecule has 0 saturated carbocycles. The summed E-state index contributed by atoms with van der Waals surface area (Å²) < 4.78 is 39.5. The second kappa shape index (κ2) is 3.51. The fourth-order valence-corrected chi connectivity index (χ4v) is 2.11. The minimum atomic E-state index is -4.31. The van der Waals surface area contributed by atoms with Gasteiger partial charge in [-0.05, 0) is 17.5 Å². The Morgan fingerprint density at radius 3 is 2.56 bits per heavy atom. The number of halogens is 3. The van der Waals surface area contributed by atoms with Crippen LogP contribution in [-0.2, 0) is 5.41 Å². The molecule has 0 fully saturated rings. The summed E-state index contributed by atoms with van der Waals surface area (Å²) >= 11 is 0. The molecule has 16 heavy (non-hydrogen) atoms. The van der Waals surface area contributed by atoms with Crippen molar-refractivity contribution in [3.63, 3.8) is 0 Å². The summed E-state index contributed by atoms with van der Waals surface area (Å²) in [5.74, 6) is 0. The molecular weight excluding hydrogens is 213 g/mol. The predicted molar refractivity (Wildman–Crippen MR) is 58.0 cm³/mol. The van der Waals surface area contributed by atoms with Crippen LogP contribution in [0.5, 0.6) is 0 Å². The lowest BCUT2D eigenvalue weighted by Crippen LogP contribution is -2.41. The number of alkyl halides is 3. The van der Waals surface area contributed by atoms with Crippen molar-refractivity contribution in [3.8, 4) is 0 Å². The second-order valence-electron chi connectivity index (χ2n) is 3.87. The van der Waals surface area contributed by atoms with Crippen LogP contribution in [0.15, 0.2) is 43.0 Å². The summed E-state index contributed by atoms with van der Waals surface area (Å²) in [6.45, 7) is 3.37. The molecule has 0 radical (unpaired) electrons. The number of fused-ring (bicyclic) bond motifs is 1. The second-order valence-corrected chi connectivity index (χ2v) is 3.87. The summed E-state index contributed by atoms with van der Waals surface area (Å²) in [7, 11) is 0. The third kappa shape index (κ3) is 1.39. The minimum Gasteiger partial charge on any atom is -0.170 e. The zero-order chi connectivity index (χ0) is 11.8. The van der Waals surface area contributed by atoms with Crippen molar-refractivity contribution in [2.75, 3.05) is 0 Å². The van der Waals surface area contributed by atoms with E-state index in [0.717, 1.165) is 6.08 Å². The van der Waals surface area contributed by atoms with Crippen LogP contribution in [0.1, 0.15) is 17.5 Å². The van der Waals surface area contributed by atoms with E-state index in [9.17, 15) is 13.2 Å². The highest BCUT2D eigenvalue weighted by Gasteiger charge is 2.54. The lowest BCUT2D eigenvalue weighted by molar-refractivity contribution is -0.175. The normalized spacial score (nSPS) is 23.9. The molecule has 84 valence electrons. The van der Waals surface area contributed by atoms with Crippen molar-refractivity contribution in [1.29, 1.82) is 0 Å². The van der Waals surface area contributed by atoms with E-state index >= 15 is 0 Å². The number of benzene rings is 1. The number of rotatable bonds is 1. The van der Waals surface area contributed by atoms with Gasteiger partial charge < -0.3 is 0 Å². The molecule has 0 aliphatic heterocycles. The Balaban J connectivity index is 2.67. The predicted octanol–water partition coefficient (Wildman–Crippen LogP) is 4.09. The highest BCUT2D eigenvalue weighted by Crippen LogP contribution is 2.48. The van der Waals surface area contributed by atoms with E-state index in [0.29, 0.717) is 11.1 Å². The van der Waals surface area contributed by atoms with Crippen LogP contribution in [-0.4, -0.2) is 6.18 Å². The first-order valence-electron chi connectivity index (χ1n) is 4.98. The maximum absolute atomic E-state index is 13.2. The number of hydrogen-bond acceptors (Lipinski definition) is 0. The van der Waals surface area contributed by atoms with E-state index in [-0.39, 0.29) is 6.42 Å². The van der Waals surface area contributed by atoms with E-state index in [1.54, 1.807) is 30.4 Å². The van der Waals surface area contributed by atoms with Gasteiger partial charge in [-0.25, -0.2) is 0 Å². The van der Waals surface area contributed by atoms with Gasteiger partial charge in [0.05, 0.1) is 0 Å². The van der Waals surface area contributed by atoms with Gasteiger partial charge in [-0.15, -0.1) is 6.58 Å². The molecule has 0 spiro atoms. The Morgan fingerprint density at radius 1 is 1.25 bits per heavy atom. The zero-order valence-corrected chi connectivity index (χ0v) is 8.59. The molecule has 0 N–H and O–H groups in total. The van der Waals surface area contributed by atoms with Gasteiger partial charge in [-0.1, -0.05) is 42.5 Å². The Hall–Kier alpha value is -1.51. The van der Waals surface area contributed by atoms with Crippen molar-refractivity contribution in [1.82, 2.24) is 0 Å². The summed E-state index contributed by atoms with van der Waals surface area (Å²) in [5.41, 5.74) is -1.02. The van der Waals surface area contributed by atoms with Gasteiger partial charge in [-0.2, -0.15) is 13.2 Å². The maximum Gasteiger partial charge on any atom is 0.402 e. The number of allylic oxidation sites excluding steroid dienone is 2. The van der Waals surface area contributed by atoms with Gasteiger partial charge in [0.2, 0.25) is 0 Å². The summed E-state index contributed by atoms with van der Waals surface area (Å²) in [5, 5.41) is 0. The van der Waals surface area contributed by atoms with E-state index in [1.165, 1.54) is 6.07 Å². The summed E-state index contributed by atoms with van der Waals surface area (Å²) in [6.07, 6.45) is -0.0950. The molecule has 2 rings (SSSR count). The molecule has 1 aliphatic carbocycles. The van der Waals surface area contributed by atoms with Crippen LogP contribution in [0.3, 0.4) is 0 Å². The Labute approximate surface area is 92.1 Å². The molecule has 0 saturated heterocycles. The maximum atomic E-state index is 13.2.